The number of hydrogen-bond acceptors (Lipinski definition) is 5. The molecule has 28 heavy (non-hydrogen) atoms. The van der Waals surface area contributed by atoms with E-state index < -0.39 is 0 Å². The fourth-order valence-electron chi connectivity index (χ4n) is 3.64. The number of amides is 1. The molecule has 0 atom stereocenters. The minimum Gasteiger partial charge on any atom is -0.492 e. The Labute approximate surface area is 164 Å². The zero-order valence-corrected chi connectivity index (χ0v) is 16.1. The van der Waals surface area contributed by atoms with Crippen molar-refractivity contribution in [1.82, 2.24) is 0 Å². The third kappa shape index (κ3) is 4.14. The van der Waals surface area contributed by atoms with Gasteiger partial charge >= 0.3 is 0 Å². The molecule has 2 aliphatic rings. The first-order chi connectivity index (χ1) is 13.7. The molecule has 0 spiro atoms. The van der Waals surface area contributed by atoms with Crippen LogP contribution >= 0.6 is 0 Å². The lowest BCUT2D eigenvalue weighted by Gasteiger charge is -2.34. The number of fused-ring (bicyclic) bond motifs is 1. The van der Waals surface area contributed by atoms with Crippen molar-refractivity contribution in [2.75, 3.05) is 56.3 Å². The minimum atomic E-state index is 0.0111. The van der Waals surface area contributed by atoms with E-state index in [1.54, 1.807) is 6.07 Å². The summed E-state index contributed by atoms with van der Waals surface area (Å²) in [6, 6.07) is 13.6. The van der Waals surface area contributed by atoms with Crippen molar-refractivity contribution in [2.45, 2.75) is 6.92 Å². The average molecular weight is 384 g/mol. The fourth-order valence-corrected chi connectivity index (χ4v) is 3.64. The molecule has 0 unspecified atom stereocenters. The Kier molecular flexibility index (Phi) is 5.53. The Morgan fingerprint density at radius 2 is 1.93 bits per heavy atom. The van der Waals surface area contributed by atoms with Crippen molar-refractivity contribution in [2.24, 2.45) is 0 Å². The van der Waals surface area contributed by atoms with Gasteiger partial charge in [-0.05, 0) is 31.2 Å². The lowest BCUT2D eigenvalue weighted by Crippen LogP contribution is -3.15. The summed E-state index contributed by atoms with van der Waals surface area (Å²) in [6.45, 7) is 6.96. The first-order valence-electron chi connectivity index (χ1n) is 9.73. The average Bonchev–Trinajstić information content (AvgIpc) is 3.17. The van der Waals surface area contributed by atoms with E-state index in [0.29, 0.717) is 24.7 Å². The zero-order valence-electron chi connectivity index (χ0n) is 16.1. The van der Waals surface area contributed by atoms with E-state index in [9.17, 15) is 4.79 Å². The van der Waals surface area contributed by atoms with Crippen LogP contribution in [0.3, 0.4) is 0 Å². The Bertz CT molecular complexity index is 834. The number of benzene rings is 2. The summed E-state index contributed by atoms with van der Waals surface area (Å²) < 4.78 is 16.4. The van der Waals surface area contributed by atoms with Crippen LogP contribution in [0.4, 0.5) is 11.4 Å². The standard InChI is InChI=1S/C21H25N3O4/c1-2-26-18-6-4-3-5-17(18)24-11-9-23(10-12-24)14-21(25)22-16-7-8-19-20(13-16)28-15-27-19/h3-8,13H,2,9-12,14-15H2,1H3,(H,22,25)/p+1. The van der Waals surface area contributed by atoms with Crippen LogP contribution in [0.25, 0.3) is 0 Å². The van der Waals surface area contributed by atoms with Gasteiger partial charge in [0.2, 0.25) is 6.79 Å². The highest BCUT2D eigenvalue weighted by molar-refractivity contribution is 5.91. The van der Waals surface area contributed by atoms with Gasteiger partial charge in [0, 0.05) is 11.8 Å². The van der Waals surface area contributed by atoms with E-state index >= 15 is 0 Å². The summed E-state index contributed by atoms with van der Waals surface area (Å²) in [4.78, 5) is 16.1. The summed E-state index contributed by atoms with van der Waals surface area (Å²) in [5.74, 6) is 2.32. The van der Waals surface area contributed by atoms with Crippen LogP contribution in [-0.2, 0) is 4.79 Å². The number of carbonyl (C=O) groups excluding carboxylic acids is 1. The third-order valence-corrected chi connectivity index (χ3v) is 5.04. The number of nitrogens with one attached hydrogen (secondary N) is 2. The van der Waals surface area contributed by atoms with Crippen molar-refractivity contribution in [3.05, 3.63) is 42.5 Å². The molecule has 4 rings (SSSR count). The second-order valence-electron chi connectivity index (χ2n) is 6.93. The quantitative estimate of drug-likeness (QED) is 0.783. The van der Waals surface area contributed by atoms with Gasteiger partial charge < -0.3 is 29.3 Å². The van der Waals surface area contributed by atoms with E-state index in [4.69, 9.17) is 14.2 Å². The molecule has 2 aromatic rings. The molecule has 0 saturated carbocycles. The van der Waals surface area contributed by atoms with E-state index in [-0.39, 0.29) is 12.7 Å². The van der Waals surface area contributed by atoms with Crippen LogP contribution in [0.15, 0.2) is 42.5 Å². The lowest BCUT2D eigenvalue weighted by molar-refractivity contribution is -0.892. The van der Waals surface area contributed by atoms with Crippen molar-refractivity contribution in [1.29, 1.82) is 0 Å². The van der Waals surface area contributed by atoms with Crippen LogP contribution < -0.4 is 29.3 Å². The molecule has 2 N–H and O–H groups in total. The maximum atomic E-state index is 12.4. The number of hydrogen-bond donors (Lipinski definition) is 2. The summed E-state index contributed by atoms with van der Waals surface area (Å²) >= 11 is 0. The number of para-hydroxylation sites is 2. The van der Waals surface area contributed by atoms with Crippen molar-refractivity contribution < 1.29 is 23.9 Å². The van der Waals surface area contributed by atoms with Gasteiger partial charge in [0.15, 0.2) is 18.0 Å². The van der Waals surface area contributed by atoms with Gasteiger partial charge in [-0.2, -0.15) is 0 Å². The highest BCUT2D eigenvalue weighted by atomic mass is 16.7. The number of nitrogens with zero attached hydrogens (tertiary/aromatic N) is 1. The largest absolute Gasteiger partial charge is 0.492 e. The molecule has 7 nitrogen and oxygen atoms in total. The van der Waals surface area contributed by atoms with Gasteiger partial charge in [-0.25, -0.2) is 0 Å². The molecule has 1 saturated heterocycles. The second-order valence-corrected chi connectivity index (χ2v) is 6.93. The Morgan fingerprint density at radius 1 is 1.14 bits per heavy atom. The summed E-state index contributed by atoms with van der Waals surface area (Å²) in [5.41, 5.74) is 1.87. The number of rotatable bonds is 6. The number of quaternary nitrogens is 1. The molecule has 1 amide bonds. The molecule has 7 heteroatoms. The summed E-state index contributed by atoms with van der Waals surface area (Å²) in [7, 11) is 0. The predicted molar refractivity (Wildman–Crippen MR) is 107 cm³/mol. The van der Waals surface area contributed by atoms with Crippen LogP contribution in [0.5, 0.6) is 17.2 Å². The molecule has 2 aliphatic heterocycles. The van der Waals surface area contributed by atoms with E-state index in [1.165, 1.54) is 4.90 Å². The minimum absolute atomic E-state index is 0.0111. The summed E-state index contributed by atoms with van der Waals surface area (Å²) in [6.07, 6.45) is 0. The molecule has 148 valence electrons. The highest BCUT2D eigenvalue weighted by Crippen LogP contribution is 2.34. The number of ether oxygens (including phenoxy) is 3. The SMILES string of the molecule is CCOc1ccccc1N1CC[NH+](CC(=O)Nc2ccc3c(c2)OCO3)CC1. The smallest absolute Gasteiger partial charge is 0.279 e. The Morgan fingerprint density at radius 3 is 2.75 bits per heavy atom. The van der Waals surface area contributed by atoms with Gasteiger partial charge in [-0.1, -0.05) is 12.1 Å². The molecular formula is C21H26N3O4+. The van der Waals surface area contributed by atoms with Crippen LogP contribution in [-0.4, -0.2) is 52.0 Å². The van der Waals surface area contributed by atoms with Crippen molar-refractivity contribution >= 4 is 17.3 Å². The fraction of sp³-hybridized carbons (Fsp3) is 0.381. The van der Waals surface area contributed by atoms with E-state index in [1.807, 2.05) is 37.3 Å². The van der Waals surface area contributed by atoms with Gasteiger partial charge in [0.25, 0.3) is 5.91 Å². The van der Waals surface area contributed by atoms with Crippen molar-refractivity contribution in [3.63, 3.8) is 0 Å². The van der Waals surface area contributed by atoms with Crippen LogP contribution in [0, 0.1) is 0 Å². The molecular weight excluding hydrogens is 358 g/mol. The van der Waals surface area contributed by atoms with E-state index in [0.717, 1.165) is 43.3 Å². The monoisotopic (exact) mass is 384 g/mol. The molecule has 1 fully saturated rings. The molecule has 0 aromatic heterocycles. The lowest BCUT2D eigenvalue weighted by atomic mass is 10.2. The molecule has 0 radical (unpaired) electrons. The van der Waals surface area contributed by atoms with Crippen LogP contribution in [0.1, 0.15) is 6.92 Å². The second kappa shape index (κ2) is 8.39. The Balaban J connectivity index is 1.29. The van der Waals surface area contributed by atoms with Gasteiger partial charge in [0.05, 0.1) is 38.5 Å². The van der Waals surface area contributed by atoms with Gasteiger partial charge in [-0.3, -0.25) is 4.79 Å². The maximum absolute atomic E-state index is 12.4. The molecule has 2 aromatic carbocycles. The van der Waals surface area contributed by atoms with Crippen LogP contribution in [0.2, 0.25) is 0 Å². The number of anilines is 2. The predicted octanol–water partition coefficient (Wildman–Crippen LogP) is 1.16. The summed E-state index contributed by atoms with van der Waals surface area (Å²) in [5, 5.41) is 2.96. The maximum Gasteiger partial charge on any atom is 0.279 e. The molecule has 0 bridgehead atoms. The number of carbonyl (C=O) groups is 1. The first-order valence-corrected chi connectivity index (χ1v) is 9.73. The van der Waals surface area contributed by atoms with Gasteiger partial charge in [0.1, 0.15) is 5.75 Å². The van der Waals surface area contributed by atoms with Crippen molar-refractivity contribution in [3.8, 4) is 17.2 Å². The van der Waals surface area contributed by atoms with E-state index in [2.05, 4.69) is 16.3 Å². The van der Waals surface area contributed by atoms with Gasteiger partial charge in [-0.15, -0.1) is 0 Å². The number of piperazine rings is 1. The Hall–Kier alpha value is -2.93. The highest BCUT2D eigenvalue weighted by Gasteiger charge is 2.24. The third-order valence-electron chi connectivity index (χ3n) is 5.04. The topological polar surface area (TPSA) is 64.5 Å². The zero-order chi connectivity index (χ0) is 19.3. The first kappa shape index (κ1) is 18.4. The molecule has 0 aliphatic carbocycles. The normalized spacial score (nSPS) is 16.1. The molecule has 2 heterocycles.